The molecule has 0 aliphatic carbocycles. The summed E-state index contributed by atoms with van der Waals surface area (Å²) in [5.74, 6) is 0.400. The van der Waals surface area contributed by atoms with Gasteiger partial charge in [0.05, 0.1) is 5.69 Å². The minimum absolute atomic E-state index is 0.330. The van der Waals surface area contributed by atoms with Gasteiger partial charge in [-0.25, -0.2) is 9.97 Å². The Hall–Kier alpha value is -2.18. The van der Waals surface area contributed by atoms with Crippen molar-refractivity contribution in [3.63, 3.8) is 0 Å². The summed E-state index contributed by atoms with van der Waals surface area (Å²) < 4.78 is 0. The second kappa shape index (κ2) is 5.55. The molecule has 2 N–H and O–H groups in total. The standard InChI is InChI=1S/C16H15N3O2S/c1-16(2,21)13(20)6-4-10-3-5-12-11(9-10)19-14-15(22-12)18-8-7-17-14/h3-9,21H,1-2H3,(H,17,19). The van der Waals surface area contributed by atoms with Crippen LogP contribution >= 0.6 is 11.8 Å². The zero-order valence-corrected chi connectivity index (χ0v) is 13.0. The number of aliphatic hydroxyl groups is 1. The monoisotopic (exact) mass is 313 g/mol. The number of nitrogens with one attached hydrogen (secondary N) is 1. The average molecular weight is 313 g/mol. The predicted molar refractivity (Wildman–Crippen MR) is 86.2 cm³/mol. The van der Waals surface area contributed by atoms with Gasteiger partial charge in [0, 0.05) is 17.3 Å². The molecule has 1 aliphatic heterocycles. The third-order valence-corrected chi connectivity index (χ3v) is 4.23. The molecule has 0 radical (unpaired) electrons. The molecule has 1 aliphatic rings. The lowest BCUT2D eigenvalue weighted by Crippen LogP contribution is -2.29. The van der Waals surface area contributed by atoms with Gasteiger partial charge in [-0.3, -0.25) is 4.79 Å². The summed E-state index contributed by atoms with van der Waals surface area (Å²) in [5, 5.41) is 13.7. The summed E-state index contributed by atoms with van der Waals surface area (Å²) >= 11 is 1.55. The molecule has 6 heteroatoms. The van der Waals surface area contributed by atoms with Crippen LogP contribution in [0.25, 0.3) is 6.08 Å². The lowest BCUT2D eigenvalue weighted by atomic mass is 10.0. The molecular weight excluding hydrogens is 298 g/mol. The van der Waals surface area contributed by atoms with Crippen molar-refractivity contribution < 1.29 is 9.90 Å². The van der Waals surface area contributed by atoms with Crippen molar-refractivity contribution in [3.05, 3.63) is 42.2 Å². The van der Waals surface area contributed by atoms with E-state index in [1.54, 1.807) is 30.2 Å². The van der Waals surface area contributed by atoms with Gasteiger partial charge in [-0.1, -0.05) is 23.9 Å². The average Bonchev–Trinajstić information content (AvgIpc) is 2.49. The Morgan fingerprint density at radius 2 is 2.09 bits per heavy atom. The van der Waals surface area contributed by atoms with Crippen LogP contribution in [-0.2, 0) is 4.79 Å². The number of hydrogen-bond acceptors (Lipinski definition) is 6. The van der Waals surface area contributed by atoms with Crippen LogP contribution in [-0.4, -0.2) is 26.5 Å². The molecule has 5 nitrogen and oxygen atoms in total. The fraction of sp³-hybridized carbons (Fsp3) is 0.188. The van der Waals surface area contributed by atoms with E-state index in [4.69, 9.17) is 0 Å². The first-order chi connectivity index (χ1) is 10.4. The Balaban J connectivity index is 1.84. The summed E-state index contributed by atoms with van der Waals surface area (Å²) in [6.07, 6.45) is 6.39. The minimum Gasteiger partial charge on any atom is -0.382 e. The van der Waals surface area contributed by atoms with E-state index in [2.05, 4.69) is 15.3 Å². The summed E-state index contributed by atoms with van der Waals surface area (Å²) in [7, 11) is 0. The van der Waals surface area contributed by atoms with Crippen molar-refractivity contribution >= 4 is 35.1 Å². The Morgan fingerprint density at radius 3 is 2.86 bits per heavy atom. The van der Waals surface area contributed by atoms with Crippen molar-refractivity contribution in [2.75, 3.05) is 5.32 Å². The number of fused-ring (bicyclic) bond motifs is 2. The predicted octanol–water partition coefficient (Wildman–Crippen LogP) is 3.04. The minimum atomic E-state index is -1.35. The van der Waals surface area contributed by atoms with Crippen molar-refractivity contribution in [2.24, 2.45) is 0 Å². The second-order valence-electron chi connectivity index (χ2n) is 5.45. The molecule has 0 saturated heterocycles. The molecule has 0 fully saturated rings. The molecule has 0 bridgehead atoms. The summed E-state index contributed by atoms with van der Waals surface area (Å²) in [5.41, 5.74) is 0.445. The number of ketones is 1. The van der Waals surface area contributed by atoms with Gasteiger partial charge in [0.2, 0.25) is 0 Å². The van der Waals surface area contributed by atoms with Crippen LogP contribution < -0.4 is 5.32 Å². The van der Waals surface area contributed by atoms with E-state index in [1.807, 2.05) is 18.2 Å². The van der Waals surface area contributed by atoms with E-state index in [9.17, 15) is 9.90 Å². The van der Waals surface area contributed by atoms with Gasteiger partial charge in [-0.2, -0.15) is 0 Å². The van der Waals surface area contributed by atoms with Crippen LogP contribution in [0, 0.1) is 0 Å². The zero-order valence-electron chi connectivity index (χ0n) is 12.2. The molecule has 0 amide bonds. The number of nitrogens with zero attached hydrogens (tertiary/aromatic N) is 2. The maximum atomic E-state index is 11.7. The SMILES string of the molecule is CC(C)(O)C(=O)C=Cc1ccc2c(c1)Nc1nccnc1S2. The number of benzene rings is 1. The molecule has 2 aromatic rings. The highest BCUT2D eigenvalue weighted by molar-refractivity contribution is 7.99. The quantitative estimate of drug-likeness (QED) is 0.724. The highest BCUT2D eigenvalue weighted by atomic mass is 32.2. The molecule has 0 atom stereocenters. The molecule has 3 rings (SSSR count). The van der Waals surface area contributed by atoms with Gasteiger partial charge < -0.3 is 10.4 Å². The van der Waals surface area contributed by atoms with Crippen molar-refractivity contribution in [1.29, 1.82) is 0 Å². The summed E-state index contributed by atoms with van der Waals surface area (Å²) in [4.78, 5) is 21.3. The first-order valence-corrected chi connectivity index (χ1v) is 7.60. The fourth-order valence-corrected chi connectivity index (χ4v) is 2.81. The molecule has 0 unspecified atom stereocenters. The van der Waals surface area contributed by atoms with Crippen molar-refractivity contribution in [1.82, 2.24) is 9.97 Å². The van der Waals surface area contributed by atoms with Crippen molar-refractivity contribution in [2.45, 2.75) is 29.4 Å². The van der Waals surface area contributed by atoms with Gasteiger partial charge in [0.1, 0.15) is 10.6 Å². The maximum Gasteiger partial charge on any atom is 0.186 e. The Kier molecular flexibility index (Phi) is 3.72. The first-order valence-electron chi connectivity index (χ1n) is 6.78. The molecular formula is C16H15N3O2S. The third-order valence-electron chi connectivity index (χ3n) is 3.16. The van der Waals surface area contributed by atoms with Gasteiger partial charge in [0.25, 0.3) is 0 Å². The fourth-order valence-electron chi connectivity index (χ4n) is 1.93. The Morgan fingerprint density at radius 1 is 1.32 bits per heavy atom. The van der Waals surface area contributed by atoms with E-state index in [0.717, 1.165) is 27.0 Å². The second-order valence-corrected chi connectivity index (χ2v) is 6.48. The molecule has 22 heavy (non-hydrogen) atoms. The molecule has 1 aromatic carbocycles. The van der Waals surface area contributed by atoms with E-state index >= 15 is 0 Å². The number of rotatable bonds is 3. The van der Waals surface area contributed by atoms with Crippen molar-refractivity contribution in [3.8, 4) is 0 Å². The topological polar surface area (TPSA) is 75.1 Å². The molecule has 1 aromatic heterocycles. The number of anilines is 2. The Bertz CT molecular complexity index is 766. The summed E-state index contributed by atoms with van der Waals surface area (Å²) in [6, 6.07) is 5.83. The van der Waals surface area contributed by atoms with Crippen LogP contribution in [0.2, 0.25) is 0 Å². The van der Waals surface area contributed by atoms with E-state index in [-0.39, 0.29) is 5.78 Å². The molecule has 0 spiro atoms. The van der Waals surface area contributed by atoms with Gasteiger partial charge in [-0.05, 0) is 37.6 Å². The number of carbonyl (C=O) groups is 1. The first kappa shape index (κ1) is 14.7. The number of carbonyl (C=O) groups excluding carboxylic acids is 1. The molecule has 0 saturated carbocycles. The van der Waals surface area contributed by atoms with Crippen LogP contribution in [0.15, 0.2) is 46.6 Å². The van der Waals surface area contributed by atoms with Crippen LogP contribution in [0.3, 0.4) is 0 Å². The number of hydrogen-bond donors (Lipinski definition) is 2. The van der Waals surface area contributed by atoms with Gasteiger partial charge in [-0.15, -0.1) is 0 Å². The maximum absolute atomic E-state index is 11.7. The van der Waals surface area contributed by atoms with Gasteiger partial charge >= 0.3 is 0 Å². The van der Waals surface area contributed by atoms with Crippen LogP contribution in [0.1, 0.15) is 19.4 Å². The highest BCUT2D eigenvalue weighted by Crippen LogP contribution is 2.42. The highest BCUT2D eigenvalue weighted by Gasteiger charge is 2.21. The smallest absolute Gasteiger partial charge is 0.186 e. The number of aromatic nitrogens is 2. The van der Waals surface area contributed by atoms with Crippen LogP contribution in [0.5, 0.6) is 0 Å². The zero-order chi connectivity index (χ0) is 15.7. The lowest BCUT2D eigenvalue weighted by Gasteiger charge is -2.18. The molecule has 2 heterocycles. The van der Waals surface area contributed by atoms with E-state index in [1.165, 1.54) is 19.9 Å². The lowest BCUT2D eigenvalue weighted by molar-refractivity contribution is -0.128. The molecule has 112 valence electrons. The summed E-state index contributed by atoms with van der Waals surface area (Å²) in [6.45, 7) is 2.95. The van der Waals surface area contributed by atoms with Gasteiger partial charge in [0.15, 0.2) is 11.6 Å². The van der Waals surface area contributed by atoms with Crippen LogP contribution in [0.4, 0.5) is 11.5 Å². The third kappa shape index (κ3) is 3.03. The Labute approximate surface area is 132 Å². The normalized spacial score (nSPS) is 13.4. The largest absolute Gasteiger partial charge is 0.382 e. The van der Waals surface area contributed by atoms with E-state index < -0.39 is 5.60 Å². The van der Waals surface area contributed by atoms with E-state index in [0.29, 0.717) is 0 Å².